The lowest BCUT2D eigenvalue weighted by atomic mass is 10.0. The smallest absolute Gasteiger partial charge is 0.150 e. The van der Waals surface area contributed by atoms with Gasteiger partial charge in [0, 0.05) is 22.6 Å². The maximum absolute atomic E-state index is 11.0. The molecule has 0 fully saturated rings. The van der Waals surface area contributed by atoms with Crippen LogP contribution in [-0.4, -0.2) is 6.29 Å². The van der Waals surface area contributed by atoms with Crippen molar-refractivity contribution >= 4 is 23.3 Å². The molecule has 0 aliphatic carbocycles. The fourth-order valence-corrected chi connectivity index (χ4v) is 3.65. The summed E-state index contributed by atoms with van der Waals surface area (Å²) in [6.07, 6.45) is 9.99. The van der Waals surface area contributed by atoms with Gasteiger partial charge in [0.1, 0.15) is 6.29 Å². The van der Waals surface area contributed by atoms with Gasteiger partial charge in [-0.25, -0.2) is 0 Å². The van der Waals surface area contributed by atoms with Crippen molar-refractivity contribution in [2.24, 2.45) is 0 Å². The van der Waals surface area contributed by atoms with Gasteiger partial charge in [-0.2, -0.15) is 0 Å². The monoisotopic (exact) mass is 385 g/mol. The molecule has 0 N–H and O–H groups in total. The maximum Gasteiger partial charge on any atom is 0.150 e. The van der Waals surface area contributed by atoms with Crippen LogP contribution < -0.4 is 4.90 Å². The van der Waals surface area contributed by atoms with E-state index in [0.717, 1.165) is 29.8 Å². The van der Waals surface area contributed by atoms with Crippen molar-refractivity contribution in [3.63, 3.8) is 0 Å². The molecule has 0 atom stereocenters. The summed E-state index contributed by atoms with van der Waals surface area (Å²) < 4.78 is 0. The van der Waals surface area contributed by atoms with E-state index in [1.807, 2.05) is 30.3 Å². The highest BCUT2D eigenvalue weighted by Gasteiger charge is 2.12. The first-order valence-electron chi connectivity index (χ1n) is 10.8. The lowest BCUT2D eigenvalue weighted by Gasteiger charge is -2.25. The molecule has 0 spiro atoms. The van der Waals surface area contributed by atoms with Gasteiger partial charge in [0.05, 0.1) is 0 Å². The van der Waals surface area contributed by atoms with Crippen LogP contribution >= 0.6 is 0 Å². The SMILES string of the molecule is CCCCCCCCc1ccc(N(c2ccccc2)c2ccc(C=O)cc2)cc1. The standard InChI is InChI=1S/C27H31NO/c1-2-3-4-5-6-8-11-23-14-18-26(19-15-23)28(25-12-9-7-10-13-25)27-20-16-24(22-29)17-21-27/h7,9-10,12-22H,2-6,8,11H2,1H3. The molecule has 0 aliphatic rings. The fraction of sp³-hybridized carbons (Fsp3) is 0.296. The number of aryl methyl sites for hydroxylation is 1. The van der Waals surface area contributed by atoms with E-state index in [2.05, 4.69) is 60.4 Å². The van der Waals surface area contributed by atoms with Crippen molar-refractivity contribution in [1.29, 1.82) is 0 Å². The van der Waals surface area contributed by atoms with Crippen molar-refractivity contribution in [1.82, 2.24) is 0 Å². The van der Waals surface area contributed by atoms with Crippen LogP contribution in [0.15, 0.2) is 78.9 Å². The van der Waals surface area contributed by atoms with Crippen LogP contribution in [0.4, 0.5) is 17.1 Å². The number of rotatable bonds is 11. The molecule has 29 heavy (non-hydrogen) atoms. The third-order valence-corrected chi connectivity index (χ3v) is 5.32. The largest absolute Gasteiger partial charge is 0.311 e. The molecule has 0 unspecified atom stereocenters. The normalized spacial score (nSPS) is 10.7. The molecule has 3 rings (SSSR count). The van der Waals surface area contributed by atoms with E-state index in [1.54, 1.807) is 0 Å². The van der Waals surface area contributed by atoms with E-state index < -0.39 is 0 Å². The van der Waals surface area contributed by atoms with Gasteiger partial charge < -0.3 is 4.90 Å². The van der Waals surface area contributed by atoms with Crippen molar-refractivity contribution in [2.45, 2.75) is 51.9 Å². The molecule has 0 saturated carbocycles. The summed E-state index contributed by atoms with van der Waals surface area (Å²) in [4.78, 5) is 13.2. The summed E-state index contributed by atoms with van der Waals surface area (Å²) in [6.45, 7) is 2.26. The Kier molecular flexibility index (Phi) is 8.06. The van der Waals surface area contributed by atoms with Gasteiger partial charge in [0.2, 0.25) is 0 Å². The molecule has 2 nitrogen and oxygen atoms in total. The summed E-state index contributed by atoms with van der Waals surface area (Å²) in [5, 5.41) is 0. The fourth-order valence-electron chi connectivity index (χ4n) is 3.65. The van der Waals surface area contributed by atoms with E-state index in [1.165, 1.54) is 44.1 Å². The number of benzene rings is 3. The molecule has 3 aromatic rings. The lowest BCUT2D eigenvalue weighted by molar-refractivity contribution is 0.112. The van der Waals surface area contributed by atoms with Crippen LogP contribution in [0, 0.1) is 0 Å². The molecule has 0 aromatic heterocycles. The van der Waals surface area contributed by atoms with Crippen molar-refractivity contribution in [3.8, 4) is 0 Å². The van der Waals surface area contributed by atoms with Crippen molar-refractivity contribution in [3.05, 3.63) is 90.0 Å². The molecular weight excluding hydrogens is 354 g/mol. The van der Waals surface area contributed by atoms with Crippen LogP contribution in [0.2, 0.25) is 0 Å². The van der Waals surface area contributed by atoms with Crippen LogP contribution in [0.1, 0.15) is 61.4 Å². The van der Waals surface area contributed by atoms with Crippen molar-refractivity contribution in [2.75, 3.05) is 4.90 Å². The molecule has 0 amide bonds. The Bertz CT molecular complexity index is 853. The summed E-state index contributed by atoms with van der Waals surface area (Å²) in [7, 11) is 0. The maximum atomic E-state index is 11.0. The predicted molar refractivity (Wildman–Crippen MR) is 124 cm³/mol. The van der Waals surface area contributed by atoms with Gasteiger partial charge in [-0.15, -0.1) is 0 Å². The number of carbonyl (C=O) groups is 1. The molecule has 0 heterocycles. The molecule has 0 aliphatic heterocycles. The van der Waals surface area contributed by atoms with Gasteiger partial charge in [-0.1, -0.05) is 69.4 Å². The second-order valence-electron chi connectivity index (χ2n) is 7.56. The molecular formula is C27H31NO. The van der Waals surface area contributed by atoms with E-state index in [9.17, 15) is 4.79 Å². The Balaban J connectivity index is 1.73. The number of hydrogen-bond donors (Lipinski definition) is 0. The van der Waals surface area contributed by atoms with Gasteiger partial charge in [0.25, 0.3) is 0 Å². The van der Waals surface area contributed by atoms with Crippen LogP contribution in [0.25, 0.3) is 0 Å². The van der Waals surface area contributed by atoms with Crippen LogP contribution in [0.5, 0.6) is 0 Å². The molecule has 0 saturated heterocycles. The summed E-state index contributed by atoms with van der Waals surface area (Å²) >= 11 is 0. The third-order valence-electron chi connectivity index (χ3n) is 5.32. The minimum atomic E-state index is 0.691. The topological polar surface area (TPSA) is 20.3 Å². The number of nitrogens with zero attached hydrogens (tertiary/aromatic N) is 1. The Morgan fingerprint density at radius 3 is 1.83 bits per heavy atom. The Morgan fingerprint density at radius 2 is 1.21 bits per heavy atom. The van der Waals surface area contributed by atoms with Crippen molar-refractivity contribution < 1.29 is 4.79 Å². The highest BCUT2D eigenvalue weighted by molar-refractivity contribution is 5.80. The minimum absolute atomic E-state index is 0.691. The predicted octanol–water partition coefficient (Wildman–Crippen LogP) is 7.87. The zero-order valence-corrected chi connectivity index (χ0v) is 17.4. The lowest BCUT2D eigenvalue weighted by Crippen LogP contribution is -2.09. The van der Waals surface area contributed by atoms with Crippen LogP contribution in [0.3, 0.4) is 0 Å². The minimum Gasteiger partial charge on any atom is -0.311 e. The van der Waals surface area contributed by atoms with Gasteiger partial charge in [-0.05, 0) is 66.9 Å². The van der Waals surface area contributed by atoms with E-state index >= 15 is 0 Å². The number of aldehydes is 1. The molecule has 0 bridgehead atoms. The molecule has 0 radical (unpaired) electrons. The average Bonchev–Trinajstić information content (AvgIpc) is 2.78. The summed E-state index contributed by atoms with van der Waals surface area (Å²) in [6, 6.07) is 27.0. The number of para-hydroxylation sites is 1. The molecule has 150 valence electrons. The first-order valence-corrected chi connectivity index (χ1v) is 10.8. The highest BCUT2D eigenvalue weighted by atomic mass is 16.1. The van der Waals surface area contributed by atoms with Crippen LogP contribution in [-0.2, 0) is 6.42 Å². The molecule has 3 aromatic carbocycles. The third kappa shape index (κ3) is 6.05. The summed E-state index contributed by atoms with van der Waals surface area (Å²) in [5.41, 5.74) is 5.37. The number of unbranched alkanes of at least 4 members (excludes halogenated alkanes) is 5. The van der Waals surface area contributed by atoms with Gasteiger partial charge in [0.15, 0.2) is 0 Å². The Labute approximate surface area is 175 Å². The Morgan fingerprint density at radius 1 is 0.655 bits per heavy atom. The van der Waals surface area contributed by atoms with E-state index in [4.69, 9.17) is 0 Å². The van der Waals surface area contributed by atoms with Gasteiger partial charge >= 0.3 is 0 Å². The van der Waals surface area contributed by atoms with E-state index in [0.29, 0.717) is 5.56 Å². The number of carbonyl (C=O) groups excluding carboxylic acids is 1. The molecule has 2 heteroatoms. The second kappa shape index (κ2) is 11.2. The quantitative estimate of drug-likeness (QED) is 0.247. The first-order chi connectivity index (χ1) is 14.3. The zero-order chi connectivity index (χ0) is 20.3. The summed E-state index contributed by atoms with van der Waals surface area (Å²) in [5.74, 6) is 0. The average molecular weight is 386 g/mol. The van der Waals surface area contributed by atoms with Gasteiger partial charge in [-0.3, -0.25) is 4.79 Å². The second-order valence-corrected chi connectivity index (χ2v) is 7.56. The number of hydrogen-bond acceptors (Lipinski definition) is 2. The zero-order valence-electron chi connectivity index (χ0n) is 17.4. The number of anilines is 3. The first kappa shape index (κ1) is 20.9. The highest BCUT2D eigenvalue weighted by Crippen LogP contribution is 2.34. The van der Waals surface area contributed by atoms with E-state index in [-0.39, 0.29) is 0 Å². The Hall–Kier alpha value is -2.87.